The molecule has 0 bridgehead atoms. The van der Waals surface area contributed by atoms with Crippen LogP contribution in [-0.2, 0) is 17.8 Å². The van der Waals surface area contributed by atoms with Crippen molar-refractivity contribution < 1.29 is 17.9 Å². The van der Waals surface area contributed by atoms with E-state index in [9.17, 15) is 13.2 Å². The molecule has 4 nitrogen and oxygen atoms in total. The fourth-order valence-corrected chi connectivity index (χ4v) is 1.20. The molecule has 0 fully saturated rings. The van der Waals surface area contributed by atoms with Gasteiger partial charge in [-0.05, 0) is 0 Å². The van der Waals surface area contributed by atoms with E-state index >= 15 is 0 Å². The molecule has 0 saturated carbocycles. The van der Waals surface area contributed by atoms with E-state index in [2.05, 4.69) is 15.2 Å². The van der Waals surface area contributed by atoms with Gasteiger partial charge in [0.2, 0.25) is 0 Å². The standard InChI is InChI=1S/C10H16F3N3O/c1-8(2)14-5-9-6-15-16(7-9)3-4-17-10(11,12)13/h6-8,14H,3-5H2,1-2H3. The van der Waals surface area contributed by atoms with Gasteiger partial charge < -0.3 is 5.32 Å². The summed E-state index contributed by atoms with van der Waals surface area (Å²) >= 11 is 0. The third-order valence-corrected chi connectivity index (χ3v) is 1.99. The molecular weight excluding hydrogens is 235 g/mol. The third-order valence-electron chi connectivity index (χ3n) is 1.99. The summed E-state index contributed by atoms with van der Waals surface area (Å²) in [6.45, 7) is 4.34. The quantitative estimate of drug-likeness (QED) is 0.839. The van der Waals surface area contributed by atoms with E-state index in [1.165, 1.54) is 4.68 Å². The largest absolute Gasteiger partial charge is 0.522 e. The van der Waals surface area contributed by atoms with Crippen LogP contribution < -0.4 is 5.32 Å². The molecule has 0 aliphatic rings. The van der Waals surface area contributed by atoms with Gasteiger partial charge in [0, 0.05) is 24.3 Å². The molecule has 0 aliphatic heterocycles. The zero-order valence-corrected chi connectivity index (χ0v) is 9.79. The Morgan fingerprint density at radius 2 is 2.18 bits per heavy atom. The van der Waals surface area contributed by atoms with E-state index in [4.69, 9.17) is 0 Å². The lowest BCUT2D eigenvalue weighted by Gasteiger charge is -2.07. The Morgan fingerprint density at radius 1 is 1.47 bits per heavy atom. The number of ether oxygens (including phenoxy) is 1. The molecule has 1 heterocycles. The zero-order chi connectivity index (χ0) is 12.9. The highest BCUT2D eigenvalue weighted by Gasteiger charge is 2.28. The van der Waals surface area contributed by atoms with Gasteiger partial charge >= 0.3 is 6.36 Å². The van der Waals surface area contributed by atoms with Crippen molar-refractivity contribution in [1.82, 2.24) is 15.1 Å². The molecule has 0 aromatic carbocycles. The van der Waals surface area contributed by atoms with Gasteiger partial charge in [-0.25, -0.2) is 0 Å². The first-order valence-electron chi connectivity index (χ1n) is 5.32. The molecule has 7 heteroatoms. The van der Waals surface area contributed by atoms with Crippen molar-refractivity contribution in [3.05, 3.63) is 18.0 Å². The fourth-order valence-electron chi connectivity index (χ4n) is 1.20. The maximum absolute atomic E-state index is 11.7. The van der Waals surface area contributed by atoms with Crippen LogP contribution >= 0.6 is 0 Å². The van der Waals surface area contributed by atoms with Gasteiger partial charge in [0.15, 0.2) is 0 Å². The molecule has 1 N–H and O–H groups in total. The number of halogens is 3. The maximum atomic E-state index is 11.7. The smallest absolute Gasteiger partial charge is 0.310 e. The van der Waals surface area contributed by atoms with Gasteiger partial charge in [-0.15, -0.1) is 13.2 Å². The maximum Gasteiger partial charge on any atom is 0.522 e. The first kappa shape index (κ1) is 14.0. The van der Waals surface area contributed by atoms with Gasteiger partial charge in [0.1, 0.15) is 0 Å². The third kappa shape index (κ3) is 6.28. The van der Waals surface area contributed by atoms with Crippen molar-refractivity contribution in [3.8, 4) is 0 Å². The molecular formula is C10H16F3N3O. The minimum absolute atomic E-state index is 0.0845. The summed E-state index contributed by atoms with van der Waals surface area (Å²) in [5, 5.41) is 7.13. The van der Waals surface area contributed by atoms with Crippen LogP contribution in [0.15, 0.2) is 12.4 Å². The van der Waals surface area contributed by atoms with Gasteiger partial charge in [-0.3, -0.25) is 9.42 Å². The molecule has 0 saturated heterocycles. The van der Waals surface area contributed by atoms with Crippen LogP contribution in [0, 0.1) is 0 Å². The number of hydrogen-bond donors (Lipinski definition) is 1. The van der Waals surface area contributed by atoms with Crippen molar-refractivity contribution in [2.75, 3.05) is 6.61 Å². The minimum atomic E-state index is -4.57. The summed E-state index contributed by atoms with van der Waals surface area (Å²) < 4.78 is 40.2. The second-order valence-electron chi connectivity index (χ2n) is 3.94. The van der Waals surface area contributed by atoms with E-state index in [0.717, 1.165) is 5.56 Å². The number of hydrogen-bond acceptors (Lipinski definition) is 3. The summed E-state index contributed by atoms with van der Waals surface area (Å²) in [5.41, 5.74) is 0.936. The Labute approximate surface area is 97.8 Å². The minimum Gasteiger partial charge on any atom is -0.310 e. The number of rotatable bonds is 6. The highest BCUT2D eigenvalue weighted by atomic mass is 19.4. The SMILES string of the molecule is CC(C)NCc1cnn(CCOC(F)(F)F)c1. The lowest BCUT2D eigenvalue weighted by atomic mass is 10.3. The second-order valence-corrected chi connectivity index (χ2v) is 3.94. The van der Waals surface area contributed by atoms with Crippen LogP contribution in [0.5, 0.6) is 0 Å². The summed E-state index contributed by atoms with van der Waals surface area (Å²) in [4.78, 5) is 0. The molecule has 0 spiro atoms. The summed E-state index contributed by atoms with van der Waals surface area (Å²) in [5.74, 6) is 0. The summed E-state index contributed by atoms with van der Waals surface area (Å²) in [6.07, 6.45) is -1.24. The van der Waals surface area contributed by atoms with Gasteiger partial charge in [-0.2, -0.15) is 5.10 Å². The number of nitrogens with one attached hydrogen (secondary N) is 1. The van der Waals surface area contributed by atoms with Crippen LogP contribution in [0.2, 0.25) is 0 Å². The number of nitrogens with zero attached hydrogens (tertiary/aromatic N) is 2. The fraction of sp³-hybridized carbons (Fsp3) is 0.700. The predicted octanol–water partition coefficient (Wildman–Crippen LogP) is 1.92. The van der Waals surface area contributed by atoms with Crippen LogP contribution in [0.4, 0.5) is 13.2 Å². The van der Waals surface area contributed by atoms with Crippen molar-refractivity contribution in [3.63, 3.8) is 0 Å². The van der Waals surface area contributed by atoms with Crippen molar-refractivity contribution in [2.24, 2.45) is 0 Å². The molecule has 0 aliphatic carbocycles. The predicted molar refractivity (Wildman–Crippen MR) is 56.2 cm³/mol. The van der Waals surface area contributed by atoms with Crippen molar-refractivity contribution in [1.29, 1.82) is 0 Å². The van der Waals surface area contributed by atoms with E-state index in [-0.39, 0.29) is 6.54 Å². The van der Waals surface area contributed by atoms with E-state index in [0.29, 0.717) is 12.6 Å². The molecule has 17 heavy (non-hydrogen) atoms. The highest BCUT2D eigenvalue weighted by Crippen LogP contribution is 2.15. The number of alkyl halides is 3. The first-order chi connectivity index (χ1) is 7.87. The van der Waals surface area contributed by atoms with E-state index in [1.54, 1.807) is 12.4 Å². The highest BCUT2D eigenvalue weighted by molar-refractivity contribution is 5.03. The van der Waals surface area contributed by atoms with Crippen molar-refractivity contribution in [2.45, 2.75) is 39.3 Å². The van der Waals surface area contributed by atoms with Crippen LogP contribution in [0.3, 0.4) is 0 Å². The van der Waals surface area contributed by atoms with Gasteiger partial charge in [-0.1, -0.05) is 13.8 Å². The Kier molecular flexibility index (Phi) is 4.95. The van der Waals surface area contributed by atoms with Gasteiger partial charge in [0.25, 0.3) is 0 Å². The number of aromatic nitrogens is 2. The normalized spacial score (nSPS) is 12.4. The topological polar surface area (TPSA) is 39.1 Å². The second kappa shape index (κ2) is 6.02. The Morgan fingerprint density at radius 3 is 2.76 bits per heavy atom. The van der Waals surface area contributed by atoms with Crippen molar-refractivity contribution >= 4 is 0 Å². The molecule has 0 unspecified atom stereocenters. The van der Waals surface area contributed by atoms with Crippen LogP contribution in [-0.4, -0.2) is 28.8 Å². The molecule has 0 atom stereocenters. The Hall–Kier alpha value is -1.08. The Balaban J connectivity index is 2.31. The molecule has 0 amide bonds. The zero-order valence-electron chi connectivity index (χ0n) is 9.79. The summed E-state index contributed by atoms with van der Waals surface area (Å²) in [7, 11) is 0. The van der Waals surface area contributed by atoms with Gasteiger partial charge in [0.05, 0.1) is 19.3 Å². The molecule has 0 radical (unpaired) electrons. The summed E-state index contributed by atoms with van der Waals surface area (Å²) in [6, 6.07) is 0.354. The van der Waals surface area contributed by atoms with Crippen LogP contribution in [0.1, 0.15) is 19.4 Å². The average molecular weight is 251 g/mol. The molecule has 1 aromatic heterocycles. The van der Waals surface area contributed by atoms with E-state index in [1.807, 2.05) is 13.8 Å². The first-order valence-corrected chi connectivity index (χ1v) is 5.32. The average Bonchev–Trinajstić information content (AvgIpc) is 2.61. The van der Waals surface area contributed by atoms with E-state index < -0.39 is 13.0 Å². The monoisotopic (exact) mass is 251 g/mol. The lowest BCUT2D eigenvalue weighted by Crippen LogP contribution is -2.21. The molecule has 1 aromatic rings. The van der Waals surface area contributed by atoms with Crippen LogP contribution in [0.25, 0.3) is 0 Å². The molecule has 98 valence electrons. The molecule has 1 rings (SSSR count). The Bertz CT molecular complexity index is 336. The lowest BCUT2D eigenvalue weighted by molar-refractivity contribution is -0.325.